The highest BCUT2D eigenvalue weighted by molar-refractivity contribution is 6.05. The Hall–Kier alpha value is -2.50. The number of nitrogens with two attached hydrogens (primary N) is 1. The smallest absolute Gasteiger partial charge is 0.255 e. The second kappa shape index (κ2) is 5.64. The van der Waals surface area contributed by atoms with Gasteiger partial charge in [-0.05, 0) is 24.6 Å². The molecule has 0 aliphatic rings. The molecule has 3 N–H and O–H groups in total. The Kier molecular flexibility index (Phi) is 3.93. The van der Waals surface area contributed by atoms with E-state index < -0.39 is 0 Å². The highest BCUT2D eigenvalue weighted by Crippen LogP contribution is 2.23. The van der Waals surface area contributed by atoms with Gasteiger partial charge in [-0.25, -0.2) is 0 Å². The molecule has 0 saturated carbocycles. The molecule has 20 heavy (non-hydrogen) atoms. The lowest BCUT2D eigenvalue weighted by atomic mass is 10.1. The third-order valence-electron chi connectivity index (χ3n) is 2.98. The van der Waals surface area contributed by atoms with Gasteiger partial charge in [-0.15, -0.1) is 0 Å². The number of aryl methyl sites for hydroxylation is 2. The quantitative estimate of drug-likeness (QED) is 0.833. The molecule has 0 spiro atoms. The summed E-state index contributed by atoms with van der Waals surface area (Å²) in [5, 5.41) is 7.12. The molecule has 6 heteroatoms. The topological polar surface area (TPSA) is 82.2 Å². The Bertz CT molecular complexity index is 634. The lowest BCUT2D eigenvalue weighted by molar-refractivity contribution is 0.102. The van der Waals surface area contributed by atoms with E-state index in [0.29, 0.717) is 17.0 Å². The third-order valence-corrected chi connectivity index (χ3v) is 2.98. The van der Waals surface area contributed by atoms with E-state index in [1.807, 2.05) is 14.0 Å². The van der Waals surface area contributed by atoms with Gasteiger partial charge < -0.3 is 15.8 Å². The van der Waals surface area contributed by atoms with Gasteiger partial charge in [0.15, 0.2) is 0 Å². The zero-order chi connectivity index (χ0) is 14.7. The Morgan fingerprint density at radius 2 is 2.25 bits per heavy atom. The maximum Gasteiger partial charge on any atom is 0.255 e. The Labute approximate surface area is 117 Å². The number of amides is 1. The molecule has 2 aromatic rings. The Morgan fingerprint density at radius 1 is 1.50 bits per heavy atom. The number of hydrogen-bond donors (Lipinski definition) is 2. The monoisotopic (exact) mass is 274 g/mol. The molecule has 0 atom stereocenters. The summed E-state index contributed by atoms with van der Waals surface area (Å²) < 4.78 is 6.75. The number of anilines is 2. The van der Waals surface area contributed by atoms with Crippen LogP contribution in [0.1, 0.15) is 23.0 Å². The molecule has 0 bridgehead atoms. The maximum absolute atomic E-state index is 12.2. The first-order valence-corrected chi connectivity index (χ1v) is 6.32. The molecule has 0 aliphatic carbocycles. The summed E-state index contributed by atoms with van der Waals surface area (Å²) in [6.07, 6.45) is 2.53. The van der Waals surface area contributed by atoms with Crippen molar-refractivity contribution in [3.8, 4) is 5.75 Å². The summed E-state index contributed by atoms with van der Waals surface area (Å²) in [7, 11) is 3.36. The van der Waals surface area contributed by atoms with Gasteiger partial charge in [0, 0.05) is 18.8 Å². The zero-order valence-corrected chi connectivity index (χ0v) is 11.8. The van der Waals surface area contributed by atoms with Crippen LogP contribution in [0.5, 0.6) is 5.75 Å². The van der Waals surface area contributed by atoms with Crippen molar-refractivity contribution >= 4 is 17.3 Å². The lowest BCUT2D eigenvalue weighted by Gasteiger charge is -2.08. The van der Waals surface area contributed by atoms with Crippen LogP contribution in [0.3, 0.4) is 0 Å². The number of carbonyl (C=O) groups excluding carboxylic acids is 1. The van der Waals surface area contributed by atoms with Crippen LogP contribution >= 0.6 is 0 Å². The van der Waals surface area contributed by atoms with E-state index in [2.05, 4.69) is 10.4 Å². The molecule has 6 nitrogen and oxygen atoms in total. The highest BCUT2D eigenvalue weighted by Gasteiger charge is 2.12. The van der Waals surface area contributed by atoms with Crippen molar-refractivity contribution in [2.24, 2.45) is 7.05 Å². The van der Waals surface area contributed by atoms with Crippen molar-refractivity contribution in [1.82, 2.24) is 9.78 Å². The molecule has 1 aromatic carbocycles. The van der Waals surface area contributed by atoms with Crippen LogP contribution in [-0.4, -0.2) is 22.8 Å². The van der Waals surface area contributed by atoms with Crippen molar-refractivity contribution in [2.45, 2.75) is 13.3 Å². The van der Waals surface area contributed by atoms with E-state index in [0.717, 1.165) is 17.8 Å². The van der Waals surface area contributed by atoms with Gasteiger partial charge in [-0.2, -0.15) is 5.10 Å². The van der Waals surface area contributed by atoms with E-state index in [1.54, 1.807) is 29.1 Å². The number of rotatable bonds is 4. The number of nitrogens with zero attached hydrogens (tertiary/aromatic N) is 2. The first-order valence-electron chi connectivity index (χ1n) is 6.32. The standard InChI is InChI=1S/C14H18N4O2/c1-4-11-12(8-18(2)17-11)16-14(19)9-5-6-13(20-3)10(15)7-9/h5-8H,4,15H2,1-3H3,(H,16,19). The van der Waals surface area contributed by atoms with Gasteiger partial charge in [0.25, 0.3) is 5.91 Å². The van der Waals surface area contributed by atoms with Crippen molar-refractivity contribution < 1.29 is 9.53 Å². The molecule has 0 saturated heterocycles. The van der Waals surface area contributed by atoms with Gasteiger partial charge in [-0.1, -0.05) is 6.92 Å². The number of nitrogen functional groups attached to an aromatic ring is 1. The highest BCUT2D eigenvalue weighted by atomic mass is 16.5. The van der Waals surface area contributed by atoms with Gasteiger partial charge in [0.05, 0.1) is 24.2 Å². The van der Waals surface area contributed by atoms with E-state index in [-0.39, 0.29) is 5.91 Å². The van der Waals surface area contributed by atoms with Crippen LogP contribution in [0.25, 0.3) is 0 Å². The fraction of sp³-hybridized carbons (Fsp3) is 0.286. The number of aromatic nitrogens is 2. The molecule has 1 aromatic heterocycles. The van der Waals surface area contributed by atoms with Crippen molar-refractivity contribution in [2.75, 3.05) is 18.2 Å². The minimum Gasteiger partial charge on any atom is -0.495 e. The van der Waals surface area contributed by atoms with Crippen LogP contribution in [0, 0.1) is 0 Å². The zero-order valence-electron chi connectivity index (χ0n) is 11.8. The molecule has 0 unspecified atom stereocenters. The minimum atomic E-state index is -0.220. The molecule has 0 fully saturated rings. The second-order valence-corrected chi connectivity index (χ2v) is 4.43. The summed E-state index contributed by atoms with van der Waals surface area (Å²) in [6, 6.07) is 4.94. The van der Waals surface area contributed by atoms with Crippen LogP contribution in [0.4, 0.5) is 11.4 Å². The number of methoxy groups -OCH3 is 1. The fourth-order valence-electron chi connectivity index (χ4n) is 1.97. The lowest BCUT2D eigenvalue weighted by Crippen LogP contribution is -2.13. The normalized spacial score (nSPS) is 10.3. The second-order valence-electron chi connectivity index (χ2n) is 4.43. The fourth-order valence-corrected chi connectivity index (χ4v) is 1.97. The van der Waals surface area contributed by atoms with Crippen molar-refractivity contribution in [3.05, 3.63) is 35.7 Å². The predicted octanol–water partition coefficient (Wildman–Crippen LogP) is 1.83. The van der Waals surface area contributed by atoms with Crippen molar-refractivity contribution in [3.63, 3.8) is 0 Å². The number of carbonyl (C=O) groups is 1. The van der Waals surface area contributed by atoms with Gasteiger partial charge in [-0.3, -0.25) is 9.48 Å². The minimum absolute atomic E-state index is 0.220. The number of ether oxygens (including phenoxy) is 1. The summed E-state index contributed by atoms with van der Waals surface area (Å²) in [4.78, 5) is 12.2. The van der Waals surface area contributed by atoms with E-state index in [4.69, 9.17) is 10.5 Å². The Morgan fingerprint density at radius 3 is 2.85 bits per heavy atom. The molecule has 106 valence electrons. The summed E-state index contributed by atoms with van der Waals surface area (Å²) in [5.41, 5.74) is 8.28. The number of benzene rings is 1. The summed E-state index contributed by atoms with van der Waals surface area (Å²) in [5.74, 6) is 0.333. The molecule has 0 aliphatic heterocycles. The number of nitrogens with one attached hydrogen (secondary N) is 1. The van der Waals surface area contributed by atoms with Crippen LogP contribution in [-0.2, 0) is 13.5 Å². The molecule has 1 heterocycles. The van der Waals surface area contributed by atoms with Gasteiger partial charge in [0.2, 0.25) is 0 Å². The molecular weight excluding hydrogens is 256 g/mol. The van der Waals surface area contributed by atoms with Crippen LogP contribution < -0.4 is 15.8 Å². The van der Waals surface area contributed by atoms with Crippen LogP contribution in [0.15, 0.2) is 24.4 Å². The average Bonchev–Trinajstić information content (AvgIpc) is 2.78. The summed E-state index contributed by atoms with van der Waals surface area (Å²) in [6.45, 7) is 1.99. The third kappa shape index (κ3) is 2.74. The number of hydrogen-bond acceptors (Lipinski definition) is 4. The Balaban J connectivity index is 2.21. The maximum atomic E-state index is 12.2. The predicted molar refractivity (Wildman–Crippen MR) is 77.9 cm³/mol. The largest absolute Gasteiger partial charge is 0.495 e. The van der Waals surface area contributed by atoms with Crippen LogP contribution in [0.2, 0.25) is 0 Å². The van der Waals surface area contributed by atoms with Gasteiger partial charge >= 0.3 is 0 Å². The molecule has 0 radical (unpaired) electrons. The molecule has 1 amide bonds. The van der Waals surface area contributed by atoms with Gasteiger partial charge in [0.1, 0.15) is 5.75 Å². The van der Waals surface area contributed by atoms with E-state index >= 15 is 0 Å². The molecule has 2 rings (SSSR count). The van der Waals surface area contributed by atoms with E-state index in [1.165, 1.54) is 7.11 Å². The SMILES string of the molecule is CCc1nn(C)cc1NC(=O)c1ccc(OC)c(N)c1. The first kappa shape index (κ1) is 13.9. The molecular formula is C14H18N4O2. The average molecular weight is 274 g/mol. The first-order chi connectivity index (χ1) is 9.55. The van der Waals surface area contributed by atoms with Crippen molar-refractivity contribution in [1.29, 1.82) is 0 Å². The summed E-state index contributed by atoms with van der Waals surface area (Å²) >= 11 is 0. The van der Waals surface area contributed by atoms with E-state index in [9.17, 15) is 4.79 Å².